The van der Waals surface area contributed by atoms with Gasteiger partial charge in [-0.2, -0.15) is 0 Å². The maximum atomic E-state index is 12.5. The van der Waals surface area contributed by atoms with Crippen molar-refractivity contribution in [3.05, 3.63) is 34.4 Å². The first kappa shape index (κ1) is 19.9. The molecule has 0 radical (unpaired) electrons. The number of rotatable bonds is 6. The third kappa shape index (κ3) is 5.55. The highest BCUT2D eigenvalue weighted by molar-refractivity contribution is 5.79. The number of hydrogen-bond donors (Lipinski definition) is 1. The minimum atomic E-state index is 0.134. The maximum Gasteiger partial charge on any atom is 0.224 e. The highest BCUT2D eigenvalue weighted by atomic mass is 16.1. The molecule has 1 N–H and O–H groups in total. The first-order chi connectivity index (χ1) is 11.8. The van der Waals surface area contributed by atoms with Crippen molar-refractivity contribution in [2.24, 2.45) is 5.92 Å². The van der Waals surface area contributed by atoms with E-state index >= 15 is 0 Å². The molecule has 1 heterocycles. The first-order valence-electron chi connectivity index (χ1n) is 9.54. The summed E-state index contributed by atoms with van der Waals surface area (Å²) in [5.41, 5.74) is 4.86. The molecule has 1 aromatic carbocycles. The van der Waals surface area contributed by atoms with Crippen LogP contribution in [0.5, 0.6) is 0 Å². The van der Waals surface area contributed by atoms with Crippen LogP contribution in [0.1, 0.15) is 36.1 Å². The van der Waals surface area contributed by atoms with Crippen molar-refractivity contribution < 1.29 is 4.79 Å². The molecular weight excluding hydrogens is 310 g/mol. The smallest absolute Gasteiger partial charge is 0.224 e. The van der Waals surface area contributed by atoms with Crippen molar-refractivity contribution in [2.45, 2.75) is 47.1 Å². The van der Waals surface area contributed by atoms with Gasteiger partial charge in [0.1, 0.15) is 0 Å². The molecule has 1 atom stereocenters. The van der Waals surface area contributed by atoms with Crippen LogP contribution >= 0.6 is 0 Å². The van der Waals surface area contributed by atoms with Crippen molar-refractivity contribution in [3.63, 3.8) is 0 Å². The molecule has 1 aromatic rings. The highest BCUT2D eigenvalue weighted by Crippen LogP contribution is 2.17. The number of piperazine rings is 1. The molecule has 1 aliphatic heterocycles. The highest BCUT2D eigenvalue weighted by Gasteiger charge is 2.25. The molecule has 1 fully saturated rings. The number of carbonyl (C=O) groups is 1. The number of aryl methyl sites for hydroxylation is 3. The first-order valence-corrected chi connectivity index (χ1v) is 9.54. The number of benzene rings is 1. The maximum absolute atomic E-state index is 12.5. The van der Waals surface area contributed by atoms with Gasteiger partial charge in [-0.1, -0.05) is 31.5 Å². The minimum Gasteiger partial charge on any atom is -0.354 e. The van der Waals surface area contributed by atoms with E-state index in [0.29, 0.717) is 18.4 Å². The molecule has 25 heavy (non-hydrogen) atoms. The van der Waals surface area contributed by atoms with Crippen LogP contribution in [0.4, 0.5) is 0 Å². The lowest BCUT2D eigenvalue weighted by Crippen LogP contribution is -2.54. The molecule has 2 rings (SSSR count). The summed E-state index contributed by atoms with van der Waals surface area (Å²) in [7, 11) is 2.18. The van der Waals surface area contributed by atoms with Gasteiger partial charge in [-0.25, -0.2) is 0 Å². The Bertz CT molecular complexity index is 566. The summed E-state index contributed by atoms with van der Waals surface area (Å²) < 4.78 is 0. The fraction of sp³-hybridized carbons (Fsp3) is 0.667. The van der Waals surface area contributed by atoms with E-state index in [1.54, 1.807) is 0 Å². The van der Waals surface area contributed by atoms with Gasteiger partial charge in [-0.05, 0) is 50.4 Å². The van der Waals surface area contributed by atoms with Gasteiger partial charge in [0.05, 0.1) is 6.42 Å². The van der Waals surface area contributed by atoms with Crippen molar-refractivity contribution in [2.75, 3.05) is 39.8 Å². The van der Waals surface area contributed by atoms with Gasteiger partial charge in [0, 0.05) is 38.8 Å². The summed E-state index contributed by atoms with van der Waals surface area (Å²) in [4.78, 5) is 17.4. The summed E-state index contributed by atoms with van der Waals surface area (Å²) in [6.07, 6.45) is 0.478. The molecule has 140 valence electrons. The topological polar surface area (TPSA) is 35.6 Å². The Morgan fingerprint density at radius 1 is 1.08 bits per heavy atom. The van der Waals surface area contributed by atoms with Gasteiger partial charge < -0.3 is 10.2 Å². The van der Waals surface area contributed by atoms with E-state index in [4.69, 9.17) is 0 Å². The van der Waals surface area contributed by atoms with E-state index in [-0.39, 0.29) is 5.91 Å². The standard InChI is InChI=1S/C21H35N3O/c1-15(2)20(24-9-7-23(6)8-10-24)14-22-21(25)13-19-17(4)11-16(3)12-18(19)5/h11-12,15,20H,7-10,13-14H2,1-6H3,(H,22,25)/t20-/m1/s1. The molecule has 4 nitrogen and oxygen atoms in total. The van der Waals surface area contributed by atoms with E-state index in [2.05, 4.69) is 68.9 Å². The van der Waals surface area contributed by atoms with Crippen molar-refractivity contribution in [3.8, 4) is 0 Å². The quantitative estimate of drug-likeness (QED) is 0.861. The van der Waals surface area contributed by atoms with Crippen LogP contribution in [-0.4, -0.2) is 61.5 Å². The molecular formula is C21H35N3O. The molecule has 0 aliphatic carbocycles. The normalized spacial score (nSPS) is 17.7. The second-order valence-electron chi connectivity index (χ2n) is 8.01. The van der Waals surface area contributed by atoms with Gasteiger partial charge >= 0.3 is 0 Å². The number of amides is 1. The Morgan fingerprint density at radius 3 is 2.16 bits per heavy atom. The van der Waals surface area contributed by atoms with E-state index in [0.717, 1.165) is 32.7 Å². The summed E-state index contributed by atoms with van der Waals surface area (Å²) in [5.74, 6) is 0.668. The lowest BCUT2D eigenvalue weighted by molar-refractivity contribution is -0.120. The third-order valence-electron chi connectivity index (χ3n) is 5.46. The van der Waals surface area contributed by atoms with E-state index in [1.807, 2.05) is 0 Å². The Kier molecular flexibility index (Phi) is 7.03. The van der Waals surface area contributed by atoms with Gasteiger partial charge in [0.25, 0.3) is 0 Å². The zero-order valence-electron chi connectivity index (χ0n) is 16.9. The molecule has 0 unspecified atom stereocenters. The monoisotopic (exact) mass is 345 g/mol. The van der Waals surface area contributed by atoms with Gasteiger partial charge in [0.2, 0.25) is 5.91 Å². The molecule has 0 spiro atoms. The van der Waals surface area contributed by atoms with Crippen LogP contribution in [0.3, 0.4) is 0 Å². The Labute approximate surface area is 153 Å². The number of nitrogens with one attached hydrogen (secondary N) is 1. The van der Waals surface area contributed by atoms with Crippen LogP contribution < -0.4 is 5.32 Å². The van der Waals surface area contributed by atoms with Crippen LogP contribution in [0.25, 0.3) is 0 Å². The van der Waals surface area contributed by atoms with Gasteiger partial charge in [-0.3, -0.25) is 9.69 Å². The number of likely N-dealkylation sites (N-methyl/N-ethyl adjacent to an activating group) is 1. The second kappa shape index (κ2) is 8.81. The Balaban J connectivity index is 1.93. The van der Waals surface area contributed by atoms with Crippen molar-refractivity contribution in [1.82, 2.24) is 15.1 Å². The van der Waals surface area contributed by atoms with Crippen molar-refractivity contribution in [1.29, 1.82) is 0 Å². The SMILES string of the molecule is Cc1cc(C)c(CC(=O)NC[C@H](C(C)C)N2CCN(C)CC2)c(C)c1. The average molecular weight is 346 g/mol. The zero-order valence-corrected chi connectivity index (χ0v) is 16.9. The molecule has 0 saturated carbocycles. The second-order valence-corrected chi connectivity index (χ2v) is 8.01. The molecule has 0 aromatic heterocycles. The summed E-state index contributed by atoms with van der Waals surface area (Å²) in [5, 5.41) is 3.20. The predicted octanol–water partition coefficient (Wildman–Crippen LogP) is 2.54. The van der Waals surface area contributed by atoms with Gasteiger partial charge in [-0.15, -0.1) is 0 Å². The number of hydrogen-bond acceptors (Lipinski definition) is 3. The van der Waals surface area contributed by atoms with Crippen LogP contribution in [0, 0.1) is 26.7 Å². The minimum absolute atomic E-state index is 0.134. The van der Waals surface area contributed by atoms with Crippen LogP contribution in [0.15, 0.2) is 12.1 Å². The Morgan fingerprint density at radius 2 is 1.64 bits per heavy atom. The Hall–Kier alpha value is -1.39. The molecule has 4 heteroatoms. The third-order valence-corrected chi connectivity index (χ3v) is 5.46. The van der Waals surface area contributed by atoms with Crippen LogP contribution in [0.2, 0.25) is 0 Å². The number of nitrogens with zero attached hydrogens (tertiary/aromatic N) is 2. The van der Waals surface area contributed by atoms with Crippen LogP contribution in [-0.2, 0) is 11.2 Å². The average Bonchev–Trinajstić information content (AvgIpc) is 2.52. The van der Waals surface area contributed by atoms with Gasteiger partial charge in [0.15, 0.2) is 0 Å². The summed E-state index contributed by atoms with van der Waals surface area (Å²) in [6.45, 7) is 16.0. The van der Waals surface area contributed by atoms with E-state index in [9.17, 15) is 4.79 Å². The summed E-state index contributed by atoms with van der Waals surface area (Å²) >= 11 is 0. The lowest BCUT2D eigenvalue weighted by atomic mass is 9.97. The molecule has 0 bridgehead atoms. The molecule has 1 amide bonds. The van der Waals surface area contributed by atoms with E-state index in [1.165, 1.54) is 22.3 Å². The molecule has 1 saturated heterocycles. The summed E-state index contributed by atoms with van der Waals surface area (Å²) in [6, 6.07) is 4.74. The fourth-order valence-electron chi connectivity index (χ4n) is 3.87. The zero-order chi connectivity index (χ0) is 18.6. The molecule has 1 aliphatic rings. The fourth-order valence-corrected chi connectivity index (χ4v) is 3.87. The predicted molar refractivity (Wildman–Crippen MR) is 105 cm³/mol. The largest absolute Gasteiger partial charge is 0.354 e. The van der Waals surface area contributed by atoms with E-state index < -0.39 is 0 Å². The van der Waals surface area contributed by atoms with Crippen molar-refractivity contribution >= 4 is 5.91 Å². The lowest BCUT2D eigenvalue weighted by Gasteiger charge is -2.40. The number of carbonyl (C=O) groups excluding carboxylic acids is 1.